The van der Waals surface area contributed by atoms with Crippen molar-refractivity contribution in [1.82, 2.24) is 10.4 Å². The van der Waals surface area contributed by atoms with Crippen molar-refractivity contribution in [3.63, 3.8) is 0 Å². The lowest BCUT2D eigenvalue weighted by atomic mass is 9.88. The Hall–Kier alpha value is -1.14. The Morgan fingerprint density at radius 2 is 1.71 bits per heavy atom. The fraction of sp³-hybridized carbons (Fsp3) is 0.625. The summed E-state index contributed by atoms with van der Waals surface area (Å²) in [7, 11) is 0. The van der Waals surface area contributed by atoms with E-state index >= 15 is 0 Å². The molecule has 0 amide bonds. The van der Waals surface area contributed by atoms with E-state index in [0.29, 0.717) is 6.54 Å². The largest absolute Gasteiger partial charge is 0.379 e. The van der Waals surface area contributed by atoms with Crippen LogP contribution in [0.15, 0.2) is 30.3 Å². The van der Waals surface area contributed by atoms with E-state index in [0.717, 1.165) is 52.2 Å². The van der Waals surface area contributed by atoms with Gasteiger partial charge in [0.15, 0.2) is 0 Å². The van der Waals surface area contributed by atoms with Crippen molar-refractivity contribution < 1.29 is 4.74 Å². The van der Waals surface area contributed by atoms with Crippen LogP contribution < -0.4 is 16.1 Å². The molecule has 2 heterocycles. The fourth-order valence-corrected chi connectivity index (χ4v) is 3.20. The molecule has 3 N–H and O–H groups in total. The molecular formula is C16H26N4O. The molecule has 2 aliphatic rings. The van der Waals surface area contributed by atoms with E-state index in [1.807, 2.05) is 0 Å². The van der Waals surface area contributed by atoms with Gasteiger partial charge in [-0.2, -0.15) is 0 Å². The molecule has 1 aromatic rings. The summed E-state index contributed by atoms with van der Waals surface area (Å²) in [4.78, 5) is 2.45. The number of morpholine rings is 1. The van der Waals surface area contributed by atoms with E-state index in [9.17, 15) is 0 Å². The molecule has 2 fully saturated rings. The van der Waals surface area contributed by atoms with Crippen LogP contribution in [0.3, 0.4) is 0 Å². The molecule has 0 bridgehead atoms. The second kappa shape index (κ2) is 6.75. The number of benzene rings is 1. The van der Waals surface area contributed by atoms with Gasteiger partial charge >= 0.3 is 0 Å². The SMILES string of the molecule is NCC1(NN2CCOCC2)CCN(c2ccccc2)CC1. The summed E-state index contributed by atoms with van der Waals surface area (Å²) < 4.78 is 5.41. The number of para-hydroxylation sites is 1. The van der Waals surface area contributed by atoms with Crippen molar-refractivity contribution >= 4 is 5.69 Å². The lowest BCUT2D eigenvalue weighted by Crippen LogP contribution is -2.64. The van der Waals surface area contributed by atoms with E-state index in [1.54, 1.807) is 0 Å². The average Bonchev–Trinajstić information content (AvgIpc) is 2.57. The van der Waals surface area contributed by atoms with Crippen molar-refractivity contribution in [1.29, 1.82) is 0 Å². The minimum absolute atomic E-state index is 0.0443. The standard InChI is InChI=1S/C16H26N4O/c17-14-16(18-20-10-12-21-13-11-20)6-8-19(9-7-16)15-4-2-1-3-5-15/h1-5,18H,6-14,17H2. The Kier molecular flexibility index (Phi) is 4.75. The van der Waals surface area contributed by atoms with Crippen LogP contribution in [0.1, 0.15) is 12.8 Å². The van der Waals surface area contributed by atoms with Gasteiger partial charge in [0.1, 0.15) is 0 Å². The predicted octanol–water partition coefficient (Wildman–Crippen LogP) is 0.821. The zero-order valence-electron chi connectivity index (χ0n) is 12.6. The molecule has 1 aromatic carbocycles. The van der Waals surface area contributed by atoms with E-state index in [-0.39, 0.29) is 5.54 Å². The van der Waals surface area contributed by atoms with Crippen LogP contribution in [0.4, 0.5) is 5.69 Å². The second-order valence-electron chi connectivity index (χ2n) is 6.02. The van der Waals surface area contributed by atoms with E-state index in [2.05, 4.69) is 45.7 Å². The number of hydrogen-bond donors (Lipinski definition) is 2. The maximum atomic E-state index is 6.10. The van der Waals surface area contributed by atoms with Crippen LogP contribution >= 0.6 is 0 Å². The molecule has 116 valence electrons. The number of hydrogen-bond acceptors (Lipinski definition) is 5. The Morgan fingerprint density at radius 1 is 1.05 bits per heavy atom. The summed E-state index contributed by atoms with van der Waals surface area (Å²) in [5, 5.41) is 2.29. The number of rotatable bonds is 4. The molecule has 21 heavy (non-hydrogen) atoms. The molecule has 3 rings (SSSR count). The van der Waals surface area contributed by atoms with Gasteiger partial charge in [-0.25, -0.2) is 10.4 Å². The highest BCUT2D eigenvalue weighted by atomic mass is 16.5. The fourth-order valence-electron chi connectivity index (χ4n) is 3.20. The van der Waals surface area contributed by atoms with Gasteiger partial charge in [0, 0.05) is 44.0 Å². The molecule has 2 aliphatic heterocycles. The van der Waals surface area contributed by atoms with Crippen LogP contribution in [-0.2, 0) is 4.74 Å². The number of anilines is 1. The second-order valence-corrected chi connectivity index (χ2v) is 6.02. The summed E-state index contributed by atoms with van der Waals surface area (Å²) in [5.41, 5.74) is 11.2. The highest BCUT2D eigenvalue weighted by Gasteiger charge is 2.35. The van der Waals surface area contributed by atoms with E-state index in [1.165, 1.54) is 5.69 Å². The molecule has 0 aromatic heterocycles. The third-order valence-corrected chi connectivity index (χ3v) is 4.64. The third kappa shape index (κ3) is 3.55. The summed E-state index contributed by atoms with van der Waals surface area (Å²) in [6.45, 7) is 6.31. The molecule has 0 radical (unpaired) electrons. The predicted molar refractivity (Wildman–Crippen MR) is 85.2 cm³/mol. The van der Waals surface area contributed by atoms with E-state index < -0.39 is 0 Å². The first kappa shape index (κ1) is 14.8. The van der Waals surface area contributed by atoms with Crippen molar-refractivity contribution in [2.75, 3.05) is 50.8 Å². The first-order valence-electron chi connectivity index (χ1n) is 7.92. The zero-order chi connectivity index (χ0) is 14.5. The number of piperidine rings is 1. The maximum absolute atomic E-state index is 6.10. The minimum atomic E-state index is 0.0443. The first-order valence-corrected chi connectivity index (χ1v) is 7.92. The quantitative estimate of drug-likeness (QED) is 0.860. The summed E-state index contributed by atoms with van der Waals surface area (Å²) in [6, 6.07) is 10.6. The van der Waals surface area contributed by atoms with Crippen LogP contribution in [0.25, 0.3) is 0 Å². The summed E-state index contributed by atoms with van der Waals surface area (Å²) in [6.07, 6.45) is 2.16. The van der Waals surface area contributed by atoms with Gasteiger partial charge in [-0.15, -0.1) is 0 Å². The normalized spacial score (nSPS) is 23.2. The van der Waals surface area contributed by atoms with Crippen molar-refractivity contribution in [3.05, 3.63) is 30.3 Å². The van der Waals surface area contributed by atoms with Crippen molar-refractivity contribution in [2.45, 2.75) is 18.4 Å². The highest BCUT2D eigenvalue weighted by molar-refractivity contribution is 5.46. The highest BCUT2D eigenvalue weighted by Crippen LogP contribution is 2.26. The van der Waals surface area contributed by atoms with Gasteiger partial charge in [0.25, 0.3) is 0 Å². The lowest BCUT2D eigenvalue weighted by Gasteiger charge is -2.46. The molecule has 5 heteroatoms. The molecule has 5 nitrogen and oxygen atoms in total. The van der Waals surface area contributed by atoms with Crippen molar-refractivity contribution in [2.24, 2.45) is 5.73 Å². The van der Waals surface area contributed by atoms with Crippen LogP contribution in [0, 0.1) is 0 Å². The number of ether oxygens (including phenoxy) is 1. The number of nitrogens with zero attached hydrogens (tertiary/aromatic N) is 2. The lowest BCUT2D eigenvalue weighted by molar-refractivity contribution is -0.0160. The molecule has 0 aliphatic carbocycles. The van der Waals surface area contributed by atoms with Gasteiger partial charge in [-0.1, -0.05) is 18.2 Å². The maximum Gasteiger partial charge on any atom is 0.0608 e. The van der Waals surface area contributed by atoms with Crippen molar-refractivity contribution in [3.8, 4) is 0 Å². The van der Waals surface area contributed by atoms with Gasteiger partial charge in [-0.05, 0) is 25.0 Å². The van der Waals surface area contributed by atoms with Gasteiger partial charge in [-0.3, -0.25) is 0 Å². The van der Waals surface area contributed by atoms with Crippen LogP contribution in [-0.4, -0.2) is 56.5 Å². The monoisotopic (exact) mass is 290 g/mol. The number of hydrazine groups is 1. The first-order chi connectivity index (χ1) is 10.3. The average molecular weight is 290 g/mol. The summed E-state index contributed by atoms with van der Waals surface area (Å²) >= 11 is 0. The molecular weight excluding hydrogens is 264 g/mol. The summed E-state index contributed by atoms with van der Waals surface area (Å²) in [5.74, 6) is 0. The molecule has 2 saturated heterocycles. The molecule has 0 spiro atoms. The zero-order valence-corrected chi connectivity index (χ0v) is 12.6. The van der Waals surface area contributed by atoms with Gasteiger partial charge in [0.2, 0.25) is 0 Å². The van der Waals surface area contributed by atoms with Gasteiger partial charge < -0.3 is 15.4 Å². The Labute approximate surface area is 127 Å². The molecule has 0 saturated carbocycles. The Morgan fingerprint density at radius 3 is 2.33 bits per heavy atom. The minimum Gasteiger partial charge on any atom is -0.379 e. The number of nitrogens with one attached hydrogen (secondary N) is 1. The molecule has 0 unspecified atom stereocenters. The van der Waals surface area contributed by atoms with Crippen LogP contribution in [0.5, 0.6) is 0 Å². The van der Waals surface area contributed by atoms with E-state index in [4.69, 9.17) is 10.5 Å². The van der Waals surface area contributed by atoms with Crippen LogP contribution in [0.2, 0.25) is 0 Å². The topological polar surface area (TPSA) is 53.8 Å². The Balaban J connectivity index is 1.59. The Bertz CT molecular complexity index is 425. The van der Waals surface area contributed by atoms with Gasteiger partial charge in [0.05, 0.1) is 13.2 Å². The number of nitrogens with two attached hydrogens (primary N) is 1. The smallest absolute Gasteiger partial charge is 0.0608 e. The third-order valence-electron chi connectivity index (χ3n) is 4.64. The molecule has 0 atom stereocenters.